The average Bonchev–Trinajstić information content (AvgIpc) is 3.06. The van der Waals surface area contributed by atoms with Crippen molar-refractivity contribution in [1.82, 2.24) is 9.88 Å². The molecule has 6 nitrogen and oxygen atoms in total. The number of amides is 1. The monoisotopic (exact) mass is 436 g/mol. The average molecular weight is 436 g/mol. The molecule has 1 heterocycles. The number of rotatable bonds is 8. The molecule has 32 heavy (non-hydrogen) atoms. The van der Waals surface area contributed by atoms with Crippen LogP contribution in [0.25, 0.3) is 5.69 Å². The molecule has 0 saturated carbocycles. The van der Waals surface area contributed by atoms with E-state index in [2.05, 4.69) is 5.32 Å². The number of ketones is 1. The van der Waals surface area contributed by atoms with Crippen LogP contribution in [0.4, 0.5) is 4.39 Å². The fourth-order valence-corrected chi connectivity index (χ4v) is 3.55. The second-order valence-corrected chi connectivity index (χ2v) is 7.50. The molecule has 0 atom stereocenters. The number of nitrogens with zero attached hydrogens (tertiary/aromatic N) is 1. The van der Waals surface area contributed by atoms with Gasteiger partial charge in [0.1, 0.15) is 5.82 Å². The summed E-state index contributed by atoms with van der Waals surface area (Å²) in [6, 6.07) is 14.9. The molecule has 0 aliphatic carbocycles. The van der Waals surface area contributed by atoms with Crippen molar-refractivity contribution in [3.63, 3.8) is 0 Å². The summed E-state index contributed by atoms with van der Waals surface area (Å²) in [5.74, 6) is -1.57. The minimum absolute atomic E-state index is 0.0484. The summed E-state index contributed by atoms with van der Waals surface area (Å²) in [5.41, 5.74) is 3.81. The van der Waals surface area contributed by atoms with Crippen molar-refractivity contribution >= 4 is 17.7 Å². The number of nitrogens with one attached hydrogen (secondary N) is 1. The van der Waals surface area contributed by atoms with Gasteiger partial charge in [-0.3, -0.25) is 14.4 Å². The summed E-state index contributed by atoms with van der Waals surface area (Å²) >= 11 is 0. The van der Waals surface area contributed by atoms with Gasteiger partial charge in [0.15, 0.2) is 6.61 Å². The van der Waals surface area contributed by atoms with Crippen molar-refractivity contribution in [3.8, 4) is 5.69 Å². The Bertz CT molecular complexity index is 1170. The quantitative estimate of drug-likeness (QED) is 0.426. The highest BCUT2D eigenvalue weighted by molar-refractivity contribution is 5.99. The van der Waals surface area contributed by atoms with Crippen LogP contribution < -0.4 is 5.32 Å². The fraction of sp³-hybridized carbons (Fsp3) is 0.240. The number of ether oxygens (including phenoxy) is 1. The van der Waals surface area contributed by atoms with Crippen LogP contribution in [-0.4, -0.2) is 35.4 Å². The SMILES string of the molecule is Cc1ccccc1C(=O)NCCC(=O)OCC(=O)c1cc(C)n(-c2cccc(F)c2)c1C. The third-order valence-corrected chi connectivity index (χ3v) is 5.17. The Labute approximate surface area is 186 Å². The number of esters is 1. The Hall–Kier alpha value is -3.74. The molecule has 0 aliphatic heterocycles. The lowest BCUT2D eigenvalue weighted by atomic mass is 10.1. The zero-order valence-electron chi connectivity index (χ0n) is 18.3. The molecule has 0 saturated heterocycles. The molecule has 166 valence electrons. The molecular formula is C25H25FN2O4. The van der Waals surface area contributed by atoms with E-state index < -0.39 is 12.6 Å². The standard InChI is InChI=1S/C25H25FN2O4/c1-16-7-4-5-10-21(16)25(31)27-12-11-24(30)32-15-23(29)22-13-17(2)28(18(22)3)20-9-6-8-19(26)14-20/h4-10,13-14H,11-12,15H2,1-3H3,(H,27,31). The van der Waals surface area contributed by atoms with Crippen molar-refractivity contribution in [2.24, 2.45) is 0 Å². The van der Waals surface area contributed by atoms with E-state index in [1.54, 1.807) is 41.8 Å². The van der Waals surface area contributed by atoms with E-state index in [4.69, 9.17) is 4.74 Å². The Morgan fingerprint density at radius 1 is 0.969 bits per heavy atom. The first-order valence-electron chi connectivity index (χ1n) is 10.3. The van der Waals surface area contributed by atoms with Gasteiger partial charge < -0.3 is 14.6 Å². The summed E-state index contributed by atoms with van der Waals surface area (Å²) < 4.78 is 20.5. The van der Waals surface area contributed by atoms with Crippen molar-refractivity contribution in [2.75, 3.05) is 13.2 Å². The molecule has 0 unspecified atom stereocenters. The number of benzene rings is 2. The predicted molar refractivity (Wildman–Crippen MR) is 119 cm³/mol. The number of hydrogen-bond donors (Lipinski definition) is 1. The largest absolute Gasteiger partial charge is 0.457 e. The summed E-state index contributed by atoms with van der Waals surface area (Å²) in [7, 11) is 0. The van der Waals surface area contributed by atoms with Gasteiger partial charge in [-0.05, 0) is 56.7 Å². The van der Waals surface area contributed by atoms with E-state index in [1.807, 2.05) is 26.0 Å². The highest BCUT2D eigenvalue weighted by atomic mass is 19.1. The summed E-state index contributed by atoms with van der Waals surface area (Å²) in [6.45, 7) is 5.11. The molecule has 0 bridgehead atoms. The number of carbonyl (C=O) groups is 3. The fourth-order valence-electron chi connectivity index (χ4n) is 3.55. The van der Waals surface area contributed by atoms with Crippen molar-refractivity contribution < 1.29 is 23.5 Å². The smallest absolute Gasteiger partial charge is 0.308 e. The lowest BCUT2D eigenvalue weighted by Gasteiger charge is -2.10. The summed E-state index contributed by atoms with van der Waals surface area (Å²) in [4.78, 5) is 36.8. The van der Waals surface area contributed by atoms with Crippen LogP contribution in [0.5, 0.6) is 0 Å². The number of aromatic nitrogens is 1. The van der Waals surface area contributed by atoms with Gasteiger partial charge in [-0.2, -0.15) is 0 Å². The molecule has 1 N–H and O–H groups in total. The van der Waals surface area contributed by atoms with Gasteiger partial charge in [-0.25, -0.2) is 4.39 Å². The third-order valence-electron chi connectivity index (χ3n) is 5.17. The van der Waals surface area contributed by atoms with Crippen LogP contribution in [0.2, 0.25) is 0 Å². The van der Waals surface area contributed by atoms with Gasteiger partial charge in [0, 0.05) is 34.7 Å². The maximum atomic E-state index is 13.6. The van der Waals surface area contributed by atoms with E-state index in [0.29, 0.717) is 22.5 Å². The second kappa shape index (κ2) is 10.0. The van der Waals surface area contributed by atoms with Crippen LogP contribution in [-0.2, 0) is 9.53 Å². The number of halogens is 1. The van der Waals surface area contributed by atoms with Crippen molar-refractivity contribution in [3.05, 3.63) is 88.5 Å². The van der Waals surface area contributed by atoms with Crippen LogP contribution in [0, 0.1) is 26.6 Å². The molecule has 3 rings (SSSR count). The molecule has 0 radical (unpaired) electrons. The number of carbonyl (C=O) groups excluding carboxylic acids is 3. The van der Waals surface area contributed by atoms with Crippen LogP contribution in [0.1, 0.15) is 44.1 Å². The molecule has 2 aromatic carbocycles. The van der Waals surface area contributed by atoms with Gasteiger partial charge >= 0.3 is 5.97 Å². The molecular weight excluding hydrogens is 411 g/mol. The highest BCUT2D eigenvalue weighted by Crippen LogP contribution is 2.22. The Morgan fingerprint density at radius 3 is 2.44 bits per heavy atom. The molecule has 7 heteroatoms. The Balaban J connectivity index is 1.53. The third kappa shape index (κ3) is 5.29. The van der Waals surface area contributed by atoms with Gasteiger partial charge in [-0.15, -0.1) is 0 Å². The molecule has 3 aromatic rings. The van der Waals surface area contributed by atoms with Gasteiger partial charge in [0.2, 0.25) is 5.78 Å². The van der Waals surface area contributed by atoms with E-state index in [-0.39, 0.29) is 30.5 Å². The first kappa shape index (κ1) is 22.9. The molecule has 1 aromatic heterocycles. The number of aryl methyl sites for hydroxylation is 2. The van der Waals surface area contributed by atoms with E-state index in [0.717, 1.165) is 11.3 Å². The first-order chi connectivity index (χ1) is 15.3. The van der Waals surface area contributed by atoms with Gasteiger partial charge in [0.05, 0.1) is 6.42 Å². The van der Waals surface area contributed by atoms with Crippen molar-refractivity contribution in [2.45, 2.75) is 27.2 Å². The minimum atomic E-state index is -0.581. The summed E-state index contributed by atoms with van der Waals surface area (Å²) in [5, 5.41) is 2.67. The molecule has 0 fully saturated rings. The first-order valence-corrected chi connectivity index (χ1v) is 10.3. The lowest BCUT2D eigenvalue weighted by Crippen LogP contribution is -2.27. The molecule has 0 aliphatic rings. The molecule has 1 amide bonds. The molecule has 0 spiro atoms. The normalized spacial score (nSPS) is 10.6. The maximum absolute atomic E-state index is 13.6. The minimum Gasteiger partial charge on any atom is -0.457 e. The lowest BCUT2D eigenvalue weighted by molar-refractivity contribution is -0.142. The van der Waals surface area contributed by atoms with Crippen LogP contribution in [0.15, 0.2) is 54.6 Å². The van der Waals surface area contributed by atoms with E-state index in [1.165, 1.54) is 12.1 Å². The van der Waals surface area contributed by atoms with Crippen molar-refractivity contribution in [1.29, 1.82) is 0 Å². The topological polar surface area (TPSA) is 77.4 Å². The van der Waals surface area contributed by atoms with E-state index >= 15 is 0 Å². The van der Waals surface area contributed by atoms with Crippen LogP contribution >= 0.6 is 0 Å². The summed E-state index contributed by atoms with van der Waals surface area (Å²) in [6.07, 6.45) is -0.0484. The van der Waals surface area contributed by atoms with Crippen LogP contribution in [0.3, 0.4) is 0 Å². The Morgan fingerprint density at radius 2 is 1.72 bits per heavy atom. The number of hydrogen-bond acceptors (Lipinski definition) is 4. The maximum Gasteiger partial charge on any atom is 0.308 e. The number of Topliss-reactive ketones (excluding diaryl/α,β-unsaturated/α-hetero) is 1. The van der Waals surface area contributed by atoms with E-state index in [9.17, 15) is 18.8 Å². The highest BCUT2D eigenvalue weighted by Gasteiger charge is 2.18. The Kier molecular flexibility index (Phi) is 7.20. The second-order valence-electron chi connectivity index (χ2n) is 7.50. The zero-order chi connectivity index (χ0) is 23.3. The predicted octanol–water partition coefficient (Wildman–Crippen LogP) is 4.09. The van der Waals surface area contributed by atoms with Gasteiger partial charge in [0.25, 0.3) is 5.91 Å². The zero-order valence-corrected chi connectivity index (χ0v) is 18.3. The van der Waals surface area contributed by atoms with Gasteiger partial charge in [-0.1, -0.05) is 24.3 Å².